The number of nitrogens with zero attached hydrogens (tertiary/aromatic N) is 1. The normalized spacial score (nSPS) is 21.2. The van der Waals surface area contributed by atoms with Gasteiger partial charge in [0.2, 0.25) is 0 Å². The molecule has 1 fully saturated rings. The third-order valence-corrected chi connectivity index (χ3v) is 4.04. The van der Waals surface area contributed by atoms with Crippen LogP contribution in [0.2, 0.25) is 0 Å². The molecule has 0 bridgehead atoms. The quantitative estimate of drug-likeness (QED) is 0.862. The van der Waals surface area contributed by atoms with E-state index in [0.717, 1.165) is 10.5 Å². The number of carbonyl (C=O) groups is 2. The fourth-order valence-corrected chi connectivity index (χ4v) is 2.79. The van der Waals surface area contributed by atoms with Gasteiger partial charge in [-0.25, -0.2) is 9.69 Å². The number of ether oxygens (including phenoxy) is 2. The van der Waals surface area contributed by atoms with Gasteiger partial charge in [0, 0.05) is 0 Å². The largest absolute Gasteiger partial charge is 0.481 e. The smallest absolute Gasteiger partial charge is 0.417 e. The Morgan fingerprint density at radius 3 is 2.29 bits per heavy atom. The van der Waals surface area contributed by atoms with Crippen LogP contribution in [0.1, 0.15) is 25.5 Å². The summed E-state index contributed by atoms with van der Waals surface area (Å²) >= 11 is 0. The molecule has 124 valence electrons. The minimum Gasteiger partial charge on any atom is -0.481 e. The summed E-state index contributed by atoms with van der Waals surface area (Å²) in [6, 6.07) is 18.1. The minimum absolute atomic E-state index is 0.394. The number of para-hydroxylation sites is 1. The lowest BCUT2D eigenvalue weighted by atomic mass is 10.0. The molecule has 5 heteroatoms. The summed E-state index contributed by atoms with van der Waals surface area (Å²) in [7, 11) is 0. The minimum atomic E-state index is -0.781. The monoisotopic (exact) mass is 325 g/mol. The topological polar surface area (TPSA) is 55.8 Å². The van der Waals surface area contributed by atoms with Crippen molar-refractivity contribution in [1.82, 2.24) is 4.90 Å². The van der Waals surface area contributed by atoms with Crippen LogP contribution in [0.5, 0.6) is 5.75 Å². The second kappa shape index (κ2) is 6.74. The lowest BCUT2D eigenvalue weighted by Gasteiger charge is -2.23. The first-order chi connectivity index (χ1) is 11.6. The summed E-state index contributed by atoms with van der Waals surface area (Å²) in [5.41, 5.74) is 0.866. The van der Waals surface area contributed by atoms with Crippen LogP contribution in [0.25, 0.3) is 0 Å². The first-order valence-corrected chi connectivity index (χ1v) is 7.88. The maximum atomic E-state index is 12.6. The summed E-state index contributed by atoms with van der Waals surface area (Å²) in [4.78, 5) is 26.0. The van der Waals surface area contributed by atoms with Crippen LogP contribution in [0, 0.1) is 0 Å². The standard InChI is InChI=1S/C19H19NO4/c1-13-17(15-9-5-3-6-10-15)24-19(22)20(13)18(21)14(2)23-16-11-7-4-8-12-16/h3-14,17H,1-2H3/t13-,14+,17-/m1/s1. The van der Waals surface area contributed by atoms with Crippen molar-refractivity contribution in [3.05, 3.63) is 66.2 Å². The van der Waals surface area contributed by atoms with Gasteiger partial charge in [0.05, 0.1) is 6.04 Å². The maximum Gasteiger partial charge on any atom is 0.417 e. The molecule has 1 saturated heterocycles. The van der Waals surface area contributed by atoms with Gasteiger partial charge in [0.15, 0.2) is 6.10 Å². The third-order valence-electron chi connectivity index (χ3n) is 4.04. The van der Waals surface area contributed by atoms with E-state index in [1.807, 2.05) is 48.5 Å². The van der Waals surface area contributed by atoms with Gasteiger partial charge in [-0.2, -0.15) is 0 Å². The van der Waals surface area contributed by atoms with Crippen molar-refractivity contribution in [2.75, 3.05) is 0 Å². The lowest BCUT2D eigenvalue weighted by Crippen LogP contribution is -2.44. The Morgan fingerprint density at radius 1 is 1.08 bits per heavy atom. The predicted molar refractivity (Wildman–Crippen MR) is 88.5 cm³/mol. The predicted octanol–water partition coefficient (Wildman–Crippen LogP) is 3.56. The van der Waals surface area contributed by atoms with Crippen molar-refractivity contribution in [2.45, 2.75) is 32.1 Å². The second-order valence-electron chi connectivity index (χ2n) is 5.74. The highest BCUT2D eigenvalue weighted by atomic mass is 16.6. The molecule has 0 aliphatic carbocycles. The summed E-state index contributed by atoms with van der Waals surface area (Å²) in [6.07, 6.45) is -1.88. The van der Waals surface area contributed by atoms with E-state index in [2.05, 4.69) is 0 Å². The first-order valence-electron chi connectivity index (χ1n) is 7.88. The molecule has 0 unspecified atom stereocenters. The second-order valence-corrected chi connectivity index (χ2v) is 5.74. The zero-order valence-corrected chi connectivity index (χ0v) is 13.6. The van der Waals surface area contributed by atoms with E-state index in [0.29, 0.717) is 5.75 Å². The Hall–Kier alpha value is -2.82. The third kappa shape index (κ3) is 3.11. The molecule has 1 aliphatic heterocycles. The molecule has 3 atom stereocenters. The van der Waals surface area contributed by atoms with Gasteiger partial charge in [-0.3, -0.25) is 4.79 Å². The van der Waals surface area contributed by atoms with Gasteiger partial charge in [0.1, 0.15) is 11.9 Å². The van der Waals surface area contributed by atoms with Crippen LogP contribution in [0.15, 0.2) is 60.7 Å². The Kier molecular flexibility index (Phi) is 4.51. The number of benzene rings is 2. The van der Waals surface area contributed by atoms with Gasteiger partial charge in [-0.1, -0.05) is 48.5 Å². The average molecular weight is 325 g/mol. The Bertz CT molecular complexity index is 717. The number of rotatable bonds is 4. The molecule has 2 amide bonds. The van der Waals surface area contributed by atoms with Crippen molar-refractivity contribution < 1.29 is 19.1 Å². The van der Waals surface area contributed by atoms with Crippen molar-refractivity contribution in [2.24, 2.45) is 0 Å². The molecule has 0 radical (unpaired) electrons. The van der Waals surface area contributed by atoms with Crippen LogP contribution >= 0.6 is 0 Å². The van der Waals surface area contributed by atoms with E-state index in [9.17, 15) is 9.59 Å². The average Bonchev–Trinajstić information content (AvgIpc) is 2.90. The molecule has 2 aromatic rings. The molecule has 1 heterocycles. The molecule has 0 N–H and O–H groups in total. The molecule has 24 heavy (non-hydrogen) atoms. The van der Waals surface area contributed by atoms with Gasteiger partial charge in [-0.15, -0.1) is 0 Å². The summed E-state index contributed by atoms with van der Waals surface area (Å²) in [5, 5.41) is 0. The summed E-state index contributed by atoms with van der Waals surface area (Å²) in [5.74, 6) is 0.174. The van der Waals surface area contributed by atoms with E-state index in [1.54, 1.807) is 26.0 Å². The zero-order valence-electron chi connectivity index (χ0n) is 13.6. The van der Waals surface area contributed by atoms with E-state index >= 15 is 0 Å². The highest BCUT2D eigenvalue weighted by Gasteiger charge is 2.45. The zero-order chi connectivity index (χ0) is 17.1. The fourth-order valence-electron chi connectivity index (χ4n) is 2.79. The van der Waals surface area contributed by atoms with Crippen molar-refractivity contribution in [3.8, 4) is 5.75 Å². The van der Waals surface area contributed by atoms with Crippen LogP contribution < -0.4 is 4.74 Å². The van der Waals surface area contributed by atoms with Crippen LogP contribution in [-0.4, -0.2) is 29.0 Å². The molecule has 5 nitrogen and oxygen atoms in total. The van der Waals surface area contributed by atoms with Crippen LogP contribution in [0.4, 0.5) is 4.79 Å². The maximum absolute atomic E-state index is 12.6. The number of amides is 2. The Balaban J connectivity index is 1.74. The molecule has 0 spiro atoms. The molecule has 1 aliphatic rings. The Morgan fingerprint density at radius 2 is 1.67 bits per heavy atom. The number of hydrogen-bond donors (Lipinski definition) is 0. The fraction of sp³-hybridized carbons (Fsp3) is 0.263. The van der Waals surface area contributed by atoms with Gasteiger partial charge >= 0.3 is 6.09 Å². The van der Waals surface area contributed by atoms with Crippen LogP contribution in [-0.2, 0) is 9.53 Å². The lowest BCUT2D eigenvalue weighted by molar-refractivity contribution is -0.135. The number of cyclic esters (lactones) is 1. The number of carbonyl (C=O) groups excluding carboxylic acids is 2. The number of imide groups is 1. The van der Waals surface area contributed by atoms with Gasteiger partial charge in [-0.05, 0) is 31.5 Å². The van der Waals surface area contributed by atoms with E-state index in [4.69, 9.17) is 9.47 Å². The summed E-state index contributed by atoms with van der Waals surface area (Å²) in [6.45, 7) is 3.43. The van der Waals surface area contributed by atoms with E-state index in [1.165, 1.54) is 0 Å². The molecular weight excluding hydrogens is 306 g/mol. The highest BCUT2D eigenvalue weighted by Crippen LogP contribution is 2.32. The summed E-state index contributed by atoms with van der Waals surface area (Å²) < 4.78 is 11.0. The number of hydrogen-bond acceptors (Lipinski definition) is 4. The molecule has 2 aromatic carbocycles. The van der Waals surface area contributed by atoms with Gasteiger partial charge in [0.25, 0.3) is 5.91 Å². The molecular formula is C19H19NO4. The van der Waals surface area contributed by atoms with Crippen molar-refractivity contribution in [1.29, 1.82) is 0 Å². The highest BCUT2D eigenvalue weighted by molar-refractivity contribution is 5.96. The van der Waals surface area contributed by atoms with Crippen molar-refractivity contribution in [3.63, 3.8) is 0 Å². The van der Waals surface area contributed by atoms with Gasteiger partial charge < -0.3 is 9.47 Å². The van der Waals surface area contributed by atoms with Crippen molar-refractivity contribution >= 4 is 12.0 Å². The SMILES string of the molecule is C[C@H](Oc1ccccc1)C(=O)N1C(=O)O[C@@H](c2ccccc2)[C@H]1C. The molecule has 0 saturated carbocycles. The van der Waals surface area contributed by atoms with E-state index in [-0.39, 0.29) is 0 Å². The first kappa shape index (κ1) is 16.1. The van der Waals surface area contributed by atoms with Crippen LogP contribution in [0.3, 0.4) is 0 Å². The van der Waals surface area contributed by atoms with E-state index < -0.39 is 30.3 Å². The molecule has 0 aromatic heterocycles. The molecule has 3 rings (SSSR count). The Labute approximate surface area is 140 Å².